The van der Waals surface area contributed by atoms with E-state index in [-0.39, 0.29) is 5.50 Å². The van der Waals surface area contributed by atoms with Crippen molar-refractivity contribution in [1.82, 2.24) is 4.90 Å². The van der Waals surface area contributed by atoms with Crippen molar-refractivity contribution in [2.75, 3.05) is 38.7 Å². The Morgan fingerprint density at radius 2 is 2.09 bits per heavy atom. The predicted octanol–water partition coefficient (Wildman–Crippen LogP) is 3.64. The molecule has 126 valence electrons. The highest BCUT2D eigenvalue weighted by molar-refractivity contribution is 6.22. The fourth-order valence-corrected chi connectivity index (χ4v) is 3.31. The molecule has 1 aromatic rings. The lowest BCUT2D eigenvalue weighted by Crippen LogP contribution is -2.31. The molecule has 1 fully saturated rings. The van der Waals surface area contributed by atoms with Crippen molar-refractivity contribution in [1.29, 1.82) is 0 Å². The highest BCUT2D eigenvalue weighted by Crippen LogP contribution is 2.40. The number of likely N-dealkylation sites (tertiary alicyclic amines) is 1. The van der Waals surface area contributed by atoms with Gasteiger partial charge in [0.25, 0.3) is 0 Å². The number of fused-ring (bicyclic) bond motifs is 1. The molecular formula is C17H24ClN3O2. The third-order valence-corrected chi connectivity index (χ3v) is 4.69. The normalized spacial score (nSPS) is 20.7. The number of ether oxygens (including phenoxy) is 2. The van der Waals surface area contributed by atoms with Crippen molar-refractivity contribution < 1.29 is 9.47 Å². The fourth-order valence-electron chi connectivity index (χ4n) is 3.08. The predicted molar refractivity (Wildman–Crippen MR) is 94.1 cm³/mol. The molecule has 0 saturated carbocycles. The Labute approximate surface area is 142 Å². The average Bonchev–Trinajstić information content (AvgIpc) is 2.59. The fraction of sp³-hybridized carbons (Fsp3) is 0.588. The molecular weight excluding hydrogens is 314 g/mol. The number of nitrogens with zero attached hydrogens (tertiary/aromatic N) is 2. The molecule has 2 heterocycles. The van der Waals surface area contributed by atoms with E-state index in [1.54, 1.807) is 13.4 Å². The van der Waals surface area contributed by atoms with Crippen LogP contribution in [0, 0.1) is 0 Å². The van der Waals surface area contributed by atoms with E-state index in [0.717, 1.165) is 30.0 Å². The van der Waals surface area contributed by atoms with E-state index in [4.69, 9.17) is 21.1 Å². The lowest BCUT2D eigenvalue weighted by Gasteiger charge is -2.26. The standard InChI is InChI=1S/C17H24ClN3O2/c1-22-15-10-13-14(19-12-20-17(13)18)11-16(15)23-9-5-8-21-6-3-2-4-7-21/h10-12,17H,2-9H2,1H3,(H,19,20). The number of piperidine rings is 1. The Morgan fingerprint density at radius 3 is 2.87 bits per heavy atom. The van der Waals surface area contributed by atoms with Crippen molar-refractivity contribution in [2.45, 2.75) is 31.2 Å². The molecule has 2 aliphatic rings. The first kappa shape index (κ1) is 16.4. The quantitative estimate of drug-likeness (QED) is 0.489. The van der Waals surface area contributed by atoms with Gasteiger partial charge in [0.05, 0.1) is 20.1 Å². The van der Waals surface area contributed by atoms with Crippen LogP contribution >= 0.6 is 11.6 Å². The summed E-state index contributed by atoms with van der Waals surface area (Å²) in [6.07, 6.45) is 6.66. The van der Waals surface area contributed by atoms with Crippen molar-refractivity contribution in [2.24, 2.45) is 4.99 Å². The van der Waals surface area contributed by atoms with Gasteiger partial charge < -0.3 is 19.7 Å². The van der Waals surface area contributed by atoms with Crippen molar-refractivity contribution in [3.8, 4) is 11.5 Å². The molecule has 1 unspecified atom stereocenters. The second kappa shape index (κ2) is 7.88. The molecule has 0 aliphatic carbocycles. The Balaban J connectivity index is 1.57. The largest absolute Gasteiger partial charge is 0.493 e. The van der Waals surface area contributed by atoms with Gasteiger partial charge in [0, 0.05) is 23.9 Å². The van der Waals surface area contributed by atoms with E-state index < -0.39 is 0 Å². The first-order valence-corrected chi connectivity index (χ1v) is 8.71. The van der Waals surface area contributed by atoms with Gasteiger partial charge in [-0.1, -0.05) is 18.0 Å². The molecule has 1 saturated heterocycles. The molecule has 0 bridgehead atoms. The van der Waals surface area contributed by atoms with Crippen LogP contribution in [0.1, 0.15) is 36.7 Å². The second-order valence-electron chi connectivity index (χ2n) is 5.95. The Morgan fingerprint density at radius 1 is 1.26 bits per heavy atom. The smallest absolute Gasteiger partial charge is 0.163 e. The topological polar surface area (TPSA) is 46.1 Å². The van der Waals surface area contributed by atoms with Crippen molar-refractivity contribution >= 4 is 23.6 Å². The summed E-state index contributed by atoms with van der Waals surface area (Å²) >= 11 is 6.20. The summed E-state index contributed by atoms with van der Waals surface area (Å²) in [5.74, 6) is 1.45. The summed E-state index contributed by atoms with van der Waals surface area (Å²) < 4.78 is 11.4. The maximum absolute atomic E-state index is 6.20. The number of methoxy groups -OCH3 is 1. The van der Waals surface area contributed by atoms with E-state index in [9.17, 15) is 0 Å². The molecule has 1 N–H and O–H groups in total. The van der Waals surface area contributed by atoms with Gasteiger partial charge in [0.1, 0.15) is 0 Å². The SMILES string of the molecule is COc1cc2c(cc1OCCCN1CCCCC1)NC=NC2Cl. The average molecular weight is 338 g/mol. The Bertz CT molecular complexity index is 559. The molecule has 3 rings (SSSR count). The monoisotopic (exact) mass is 337 g/mol. The van der Waals surface area contributed by atoms with E-state index in [0.29, 0.717) is 12.4 Å². The molecule has 5 nitrogen and oxygen atoms in total. The van der Waals surface area contributed by atoms with E-state index in [1.165, 1.54) is 32.4 Å². The third-order valence-electron chi connectivity index (χ3n) is 4.34. The highest BCUT2D eigenvalue weighted by atomic mass is 35.5. The van der Waals surface area contributed by atoms with Gasteiger partial charge in [0.2, 0.25) is 0 Å². The zero-order valence-electron chi connectivity index (χ0n) is 13.6. The Hall–Kier alpha value is -1.46. The van der Waals surface area contributed by atoms with Crippen LogP contribution < -0.4 is 14.8 Å². The van der Waals surface area contributed by atoms with Crippen LogP contribution in [0.5, 0.6) is 11.5 Å². The summed E-state index contributed by atoms with van der Waals surface area (Å²) in [4.78, 5) is 6.65. The number of benzene rings is 1. The van der Waals surface area contributed by atoms with Crippen LogP contribution in [-0.2, 0) is 0 Å². The number of nitrogens with one attached hydrogen (secondary N) is 1. The van der Waals surface area contributed by atoms with Crippen LogP contribution in [0.25, 0.3) is 0 Å². The zero-order valence-corrected chi connectivity index (χ0v) is 14.3. The molecule has 23 heavy (non-hydrogen) atoms. The zero-order chi connectivity index (χ0) is 16.1. The number of hydrogen-bond acceptors (Lipinski definition) is 5. The molecule has 1 aromatic carbocycles. The molecule has 0 radical (unpaired) electrons. The van der Waals surface area contributed by atoms with E-state index in [1.807, 2.05) is 12.1 Å². The van der Waals surface area contributed by atoms with Gasteiger partial charge in [0.15, 0.2) is 17.0 Å². The van der Waals surface area contributed by atoms with Gasteiger partial charge in [-0.3, -0.25) is 4.99 Å². The van der Waals surface area contributed by atoms with Crippen LogP contribution in [0.3, 0.4) is 0 Å². The minimum Gasteiger partial charge on any atom is -0.493 e. The number of aliphatic imine (C=N–C) groups is 1. The summed E-state index contributed by atoms with van der Waals surface area (Å²) in [6, 6.07) is 3.84. The number of alkyl halides is 1. The third kappa shape index (κ3) is 4.09. The first-order valence-electron chi connectivity index (χ1n) is 8.27. The van der Waals surface area contributed by atoms with E-state index in [2.05, 4.69) is 15.2 Å². The summed E-state index contributed by atoms with van der Waals surface area (Å²) in [6.45, 7) is 4.23. The van der Waals surface area contributed by atoms with Gasteiger partial charge in [-0.15, -0.1) is 0 Å². The van der Waals surface area contributed by atoms with Gasteiger partial charge >= 0.3 is 0 Å². The van der Waals surface area contributed by atoms with E-state index >= 15 is 0 Å². The molecule has 6 heteroatoms. The molecule has 2 aliphatic heterocycles. The minimum absolute atomic E-state index is 0.381. The number of hydrogen-bond donors (Lipinski definition) is 1. The van der Waals surface area contributed by atoms with Gasteiger partial charge in [-0.05, 0) is 38.4 Å². The lowest BCUT2D eigenvalue weighted by molar-refractivity contribution is 0.203. The summed E-state index contributed by atoms with van der Waals surface area (Å²) in [5.41, 5.74) is 1.45. The maximum Gasteiger partial charge on any atom is 0.163 e. The number of anilines is 1. The molecule has 0 amide bonds. The number of halogens is 1. The minimum atomic E-state index is -0.381. The van der Waals surface area contributed by atoms with Crippen LogP contribution in [0.4, 0.5) is 5.69 Å². The van der Waals surface area contributed by atoms with Crippen LogP contribution in [0.15, 0.2) is 17.1 Å². The van der Waals surface area contributed by atoms with Crippen molar-refractivity contribution in [3.63, 3.8) is 0 Å². The van der Waals surface area contributed by atoms with Crippen molar-refractivity contribution in [3.05, 3.63) is 17.7 Å². The number of rotatable bonds is 6. The summed E-state index contributed by atoms with van der Waals surface area (Å²) in [5, 5.41) is 3.11. The van der Waals surface area contributed by atoms with Crippen LogP contribution in [-0.4, -0.2) is 44.6 Å². The molecule has 1 atom stereocenters. The second-order valence-corrected chi connectivity index (χ2v) is 6.37. The van der Waals surface area contributed by atoms with Gasteiger partial charge in [-0.25, -0.2) is 0 Å². The molecule has 0 spiro atoms. The van der Waals surface area contributed by atoms with Crippen LogP contribution in [0.2, 0.25) is 0 Å². The lowest BCUT2D eigenvalue weighted by atomic mass is 10.1. The summed E-state index contributed by atoms with van der Waals surface area (Å²) in [7, 11) is 1.64. The molecule has 0 aromatic heterocycles. The van der Waals surface area contributed by atoms with Gasteiger partial charge in [-0.2, -0.15) is 0 Å². The first-order chi connectivity index (χ1) is 11.3. The Kier molecular flexibility index (Phi) is 5.62. The highest BCUT2D eigenvalue weighted by Gasteiger charge is 2.19. The maximum atomic E-state index is 6.20.